The molecule has 0 fully saturated rings. The minimum Gasteiger partial charge on any atom is -0.335 e. The summed E-state index contributed by atoms with van der Waals surface area (Å²) in [6.07, 6.45) is 7.98. The lowest BCUT2D eigenvalue weighted by Crippen LogP contribution is -2.16. The molecule has 0 amide bonds. The number of fused-ring (bicyclic) bond motifs is 1. The number of halogens is 1. The Balaban J connectivity index is 1.62. The van der Waals surface area contributed by atoms with Crippen LogP contribution in [0.25, 0.3) is 11.6 Å². The third-order valence-electron chi connectivity index (χ3n) is 5.31. The fourth-order valence-corrected chi connectivity index (χ4v) is 3.74. The first-order chi connectivity index (χ1) is 14.0. The number of aliphatic imine (C=N–C) groups is 1. The van der Waals surface area contributed by atoms with Crippen molar-refractivity contribution in [3.05, 3.63) is 65.3 Å². The van der Waals surface area contributed by atoms with Gasteiger partial charge in [0.05, 0.1) is 12.2 Å². The summed E-state index contributed by atoms with van der Waals surface area (Å²) in [5.41, 5.74) is 6.94. The van der Waals surface area contributed by atoms with E-state index < -0.39 is 0 Å². The molecule has 3 rings (SSSR count). The lowest BCUT2D eigenvalue weighted by molar-refractivity contribution is -0.112. The normalized spacial score (nSPS) is 15.1. The monoisotopic (exact) mass is 409 g/mol. The highest BCUT2D eigenvalue weighted by Gasteiger charge is 2.21. The van der Waals surface area contributed by atoms with E-state index >= 15 is 0 Å². The number of aromatic nitrogens is 2. The van der Waals surface area contributed by atoms with Crippen LogP contribution < -0.4 is 0 Å². The fraction of sp³-hybridized carbons (Fsp3) is 0.375. The average Bonchev–Trinajstić information content (AvgIpc) is 3.04. The van der Waals surface area contributed by atoms with Crippen LogP contribution in [0.5, 0.6) is 0 Å². The second-order valence-corrected chi connectivity index (χ2v) is 7.84. The summed E-state index contributed by atoms with van der Waals surface area (Å²) in [7, 11) is 2.11. The molecule has 0 bridgehead atoms. The van der Waals surface area contributed by atoms with Gasteiger partial charge in [0.25, 0.3) is 0 Å². The standard InChI is InChI=1S/C24H28ClN3O/c1-17(20-9-7-19(8-10-20)6-5-18(2)29)4-13-24-27-22-16-21(26-15-14-25)11-12-23(22)28(24)3/h5-10H,1,4,11-16H2,2-3H3. The van der Waals surface area contributed by atoms with Gasteiger partial charge >= 0.3 is 0 Å². The molecular weight excluding hydrogens is 382 g/mol. The van der Waals surface area contributed by atoms with Crippen LogP contribution in [0.2, 0.25) is 0 Å². The molecule has 1 aromatic carbocycles. The zero-order valence-electron chi connectivity index (χ0n) is 17.2. The van der Waals surface area contributed by atoms with Crippen LogP contribution >= 0.6 is 11.6 Å². The molecule has 5 heteroatoms. The maximum Gasteiger partial charge on any atom is 0.152 e. The summed E-state index contributed by atoms with van der Waals surface area (Å²) in [4.78, 5) is 20.5. The molecular formula is C24H28ClN3O. The van der Waals surface area contributed by atoms with Crippen molar-refractivity contribution in [3.8, 4) is 0 Å². The van der Waals surface area contributed by atoms with Gasteiger partial charge in [-0.2, -0.15) is 0 Å². The first-order valence-electron chi connectivity index (χ1n) is 10.1. The Labute approximate surface area is 178 Å². The van der Waals surface area contributed by atoms with Gasteiger partial charge in [-0.25, -0.2) is 4.98 Å². The van der Waals surface area contributed by atoms with E-state index in [1.165, 1.54) is 11.4 Å². The molecule has 29 heavy (non-hydrogen) atoms. The Morgan fingerprint density at radius 2 is 2.07 bits per heavy atom. The van der Waals surface area contributed by atoms with E-state index in [4.69, 9.17) is 16.6 Å². The van der Waals surface area contributed by atoms with E-state index in [0.29, 0.717) is 12.4 Å². The van der Waals surface area contributed by atoms with Crippen molar-refractivity contribution in [3.63, 3.8) is 0 Å². The van der Waals surface area contributed by atoms with Gasteiger partial charge in [-0.15, -0.1) is 11.6 Å². The molecule has 0 radical (unpaired) electrons. The van der Waals surface area contributed by atoms with Gasteiger partial charge in [0.15, 0.2) is 5.78 Å². The van der Waals surface area contributed by atoms with Crippen molar-refractivity contribution in [1.29, 1.82) is 0 Å². The number of ketones is 1. The second kappa shape index (κ2) is 9.84. The highest BCUT2D eigenvalue weighted by atomic mass is 35.5. The van der Waals surface area contributed by atoms with E-state index in [1.807, 2.05) is 18.2 Å². The van der Waals surface area contributed by atoms with Crippen LogP contribution in [0.1, 0.15) is 48.1 Å². The summed E-state index contributed by atoms with van der Waals surface area (Å²) in [6.45, 7) is 6.50. The summed E-state index contributed by atoms with van der Waals surface area (Å²) >= 11 is 5.76. The highest BCUT2D eigenvalue weighted by Crippen LogP contribution is 2.24. The minimum atomic E-state index is 0.0497. The Morgan fingerprint density at radius 1 is 1.31 bits per heavy atom. The Kier molecular flexibility index (Phi) is 7.21. The predicted molar refractivity (Wildman–Crippen MR) is 122 cm³/mol. The smallest absolute Gasteiger partial charge is 0.152 e. The number of carbonyl (C=O) groups excluding carboxylic acids is 1. The molecule has 0 saturated heterocycles. The molecule has 2 aromatic rings. The first kappa shape index (κ1) is 21.3. The molecule has 0 unspecified atom stereocenters. The molecule has 0 atom stereocenters. The number of carbonyl (C=O) groups is 1. The number of aryl methyl sites for hydroxylation is 1. The van der Waals surface area contributed by atoms with Crippen molar-refractivity contribution in [2.45, 2.75) is 39.0 Å². The van der Waals surface area contributed by atoms with E-state index in [-0.39, 0.29) is 5.78 Å². The quantitative estimate of drug-likeness (QED) is 0.462. The predicted octanol–water partition coefficient (Wildman–Crippen LogP) is 4.84. The third kappa shape index (κ3) is 5.54. The number of imidazole rings is 1. The number of allylic oxidation sites excluding steroid dienone is 2. The lowest BCUT2D eigenvalue weighted by atomic mass is 9.99. The van der Waals surface area contributed by atoms with Gasteiger partial charge in [-0.1, -0.05) is 36.9 Å². The summed E-state index contributed by atoms with van der Waals surface area (Å²) < 4.78 is 2.25. The van der Waals surface area contributed by atoms with Gasteiger partial charge in [-0.05, 0) is 49.0 Å². The molecule has 0 aliphatic heterocycles. The van der Waals surface area contributed by atoms with E-state index in [1.54, 1.807) is 13.0 Å². The van der Waals surface area contributed by atoms with Crippen molar-refractivity contribution in [2.24, 2.45) is 12.0 Å². The molecule has 4 nitrogen and oxygen atoms in total. The molecule has 1 aliphatic carbocycles. The van der Waals surface area contributed by atoms with E-state index in [9.17, 15) is 4.79 Å². The van der Waals surface area contributed by atoms with Gasteiger partial charge in [0.1, 0.15) is 5.82 Å². The van der Waals surface area contributed by atoms with Crippen LogP contribution in [0.3, 0.4) is 0 Å². The van der Waals surface area contributed by atoms with Crippen LogP contribution in [0.15, 0.2) is 41.9 Å². The fourth-order valence-electron chi connectivity index (χ4n) is 3.65. The van der Waals surface area contributed by atoms with E-state index in [0.717, 1.165) is 60.3 Å². The maximum absolute atomic E-state index is 11.1. The highest BCUT2D eigenvalue weighted by molar-refractivity contribution is 6.18. The largest absolute Gasteiger partial charge is 0.335 e. The molecule has 1 aliphatic rings. The van der Waals surface area contributed by atoms with Crippen LogP contribution in [-0.4, -0.2) is 33.5 Å². The first-order valence-corrected chi connectivity index (χ1v) is 10.6. The summed E-state index contributed by atoms with van der Waals surface area (Å²) in [6, 6.07) is 8.15. The van der Waals surface area contributed by atoms with Crippen molar-refractivity contribution < 1.29 is 4.79 Å². The van der Waals surface area contributed by atoms with Gasteiger partial charge in [-0.3, -0.25) is 9.79 Å². The van der Waals surface area contributed by atoms with E-state index in [2.05, 4.69) is 35.3 Å². The van der Waals surface area contributed by atoms with Crippen molar-refractivity contribution in [2.75, 3.05) is 12.4 Å². The van der Waals surface area contributed by atoms with Crippen LogP contribution in [0, 0.1) is 0 Å². The number of nitrogens with zero attached hydrogens (tertiary/aromatic N) is 3. The summed E-state index contributed by atoms with van der Waals surface area (Å²) in [5.74, 6) is 1.73. The number of rotatable bonds is 8. The third-order valence-corrected chi connectivity index (χ3v) is 5.48. The SMILES string of the molecule is C=C(CCc1nc2c(n1C)CCC(=NCCCl)C2)c1ccc(C=CC(C)=O)cc1. The van der Waals surface area contributed by atoms with Crippen molar-refractivity contribution >= 4 is 34.7 Å². The summed E-state index contributed by atoms with van der Waals surface area (Å²) in [5, 5.41) is 0. The zero-order valence-corrected chi connectivity index (χ0v) is 18.0. The lowest BCUT2D eigenvalue weighted by Gasteiger charge is -2.14. The van der Waals surface area contributed by atoms with Gasteiger partial charge in [0.2, 0.25) is 0 Å². The van der Waals surface area contributed by atoms with Gasteiger partial charge < -0.3 is 4.57 Å². The Bertz CT molecular complexity index is 951. The second-order valence-electron chi connectivity index (χ2n) is 7.46. The van der Waals surface area contributed by atoms with Gasteiger partial charge in [0, 0.05) is 37.2 Å². The Hall–Kier alpha value is -2.46. The van der Waals surface area contributed by atoms with Crippen molar-refractivity contribution in [1.82, 2.24) is 9.55 Å². The number of hydrogen-bond donors (Lipinski definition) is 0. The number of benzene rings is 1. The molecule has 1 aromatic heterocycles. The average molecular weight is 410 g/mol. The minimum absolute atomic E-state index is 0.0497. The molecule has 0 saturated carbocycles. The molecule has 0 spiro atoms. The molecule has 0 N–H and O–H groups in total. The van der Waals surface area contributed by atoms with Crippen LogP contribution in [0.4, 0.5) is 0 Å². The Morgan fingerprint density at radius 3 is 2.76 bits per heavy atom. The topological polar surface area (TPSA) is 47.2 Å². The zero-order chi connectivity index (χ0) is 20.8. The maximum atomic E-state index is 11.1. The molecule has 152 valence electrons. The molecule has 1 heterocycles. The van der Waals surface area contributed by atoms with Crippen LogP contribution in [-0.2, 0) is 31.1 Å². The number of hydrogen-bond acceptors (Lipinski definition) is 3. The number of alkyl halides is 1.